The average Bonchev–Trinajstić information content (AvgIpc) is 2.30. The van der Waals surface area contributed by atoms with E-state index in [2.05, 4.69) is 5.32 Å². The van der Waals surface area contributed by atoms with Crippen molar-refractivity contribution in [3.05, 3.63) is 9.39 Å². The van der Waals surface area contributed by atoms with Crippen LogP contribution in [-0.4, -0.2) is 5.91 Å². The molecule has 1 rings (SSSR count). The lowest BCUT2D eigenvalue weighted by Gasteiger charge is -1.94. The van der Waals surface area contributed by atoms with Gasteiger partial charge in [0.1, 0.15) is 20.5 Å². The zero-order chi connectivity index (χ0) is 9.14. The summed E-state index contributed by atoms with van der Waals surface area (Å²) < 4.78 is 0.534. The van der Waals surface area contributed by atoms with Crippen molar-refractivity contribution in [2.45, 2.75) is 6.92 Å². The Balaban J connectivity index is 3.10. The van der Waals surface area contributed by atoms with E-state index in [0.717, 1.165) is 0 Å². The molecule has 1 heterocycles. The highest BCUT2D eigenvalue weighted by molar-refractivity contribution is 7.80. The molecule has 1 N–H and O–H groups in total. The fourth-order valence-electron chi connectivity index (χ4n) is 0.595. The van der Waals surface area contributed by atoms with E-state index in [1.54, 1.807) is 0 Å². The van der Waals surface area contributed by atoms with E-state index < -0.39 is 0 Å². The number of hydrogen-bond donors (Lipinski definition) is 1. The van der Waals surface area contributed by atoms with Gasteiger partial charge in [-0.25, -0.2) is 0 Å². The molecule has 0 unspecified atom stereocenters. The van der Waals surface area contributed by atoms with E-state index in [-0.39, 0.29) is 5.91 Å². The average molecular weight is 216 g/mol. The number of rotatable bonds is 1. The molecule has 12 heavy (non-hydrogen) atoms. The van der Waals surface area contributed by atoms with Crippen LogP contribution >= 0.6 is 32.9 Å². The molecule has 0 fully saturated rings. The van der Waals surface area contributed by atoms with Crippen LogP contribution in [0.4, 0.5) is 5.00 Å². The first-order valence-electron chi connectivity index (χ1n) is 2.96. The Morgan fingerprint density at radius 1 is 1.67 bits per heavy atom. The monoisotopic (exact) mass is 216 g/mol. The van der Waals surface area contributed by atoms with Crippen molar-refractivity contribution in [3.63, 3.8) is 0 Å². The summed E-state index contributed by atoms with van der Waals surface area (Å²) in [6, 6.07) is 1.95. The quantitative estimate of drug-likeness (QED) is 0.579. The highest BCUT2D eigenvalue weighted by Gasteiger charge is 2.07. The van der Waals surface area contributed by atoms with E-state index in [9.17, 15) is 4.79 Å². The van der Waals surface area contributed by atoms with Crippen LogP contribution in [-0.2, 0) is 4.79 Å². The Hall–Kier alpha value is -0.770. The number of nitriles is 1. The van der Waals surface area contributed by atoms with Gasteiger partial charge in [0.05, 0.1) is 0 Å². The molecule has 0 atom stereocenters. The topological polar surface area (TPSA) is 52.9 Å². The number of nitrogens with zero attached hydrogens (tertiary/aromatic N) is 1. The third-order valence-electron chi connectivity index (χ3n) is 1.03. The van der Waals surface area contributed by atoms with Crippen LogP contribution in [0.3, 0.4) is 0 Å². The van der Waals surface area contributed by atoms with Crippen LogP contribution < -0.4 is 5.32 Å². The van der Waals surface area contributed by atoms with Gasteiger partial charge in [0.15, 0.2) is 0 Å². The predicted octanol–water partition coefficient (Wildman–Crippen LogP) is 2.37. The van der Waals surface area contributed by atoms with Gasteiger partial charge >= 0.3 is 0 Å². The fraction of sp³-hybridized carbons (Fsp3) is 0.167. The Labute approximate surface area is 81.7 Å². The van der Waals surface area contributed by atoms with Crippen molar-refractivity contribution in [1.82, 2.24) is 0 Å². The lowest BCUT2D eigenvalue weighted by molar-refractivity contribution is -0.114. The second-order valence-electron chi connectivity index (χ2n) is 1.95. The lowest BCUT2D eigenvalue weighted by Crippen LogP contribution is -2.04. The standard InChI is InChI=1S/C6H4N2OS3/c1-3(9)8-5-4(2-7)6(10)12-11-5/h1H3,(H,8,9). The van der Waals surface area contributed by atoms with E-state index in [4.69, 9.17) is 17.5 Å². The van der Waals surface area contributed by atoms with Crippen LogP contribution in [0.15, 0.2) is 0 Å². The second kappa shape index (κ2) is 3.76. The van der Waals surface area contributed by atoms with Crippen LogP contribution in [0.25, 0.3) is 0 Å². The molecule has 0 aromatic carbocycles. The summed E-state index contributed by atoms with van der Waals surface area (Å²) in [7, 11) is 2.63. The summed E-state index contributed by atoms with van der Waals surface area (Å²) in [4.78, 5) is 10.6. The van der Waals surface area contributed by atoms with Crippen molar-refractivity contribution in [2.75, 3.05) is 5.32 Å². The van der Waals surface area contributed by atoms with Gasteiger partial charge in [0.25, 0.3) is 0 Å². The van der Waals surface area contributed by atoms with Crippen LogP contribution in [0.5, 0.6) is 0 Å². The maximum atomic E-state index is 10.6. The molecule has 0 aliphatic carbocycles. The molecule has 1 amide bonds. The van der Waals surface area contributed by atoms with Gasteiger partial charge in [-0.05, 0) is 0 Å². The third-order valence-corrected chi connectivity index (χ3v) is 3.97. The number of anilines is 1. The largest absolute Gasteiger partial charge is 0.316 e. The molecule has 0 aliphatic rings. The normalized spacial score (nSPS) is 9.00. The van der Waals surface area contributed by atoms with Crippen molar-refractivity contribution in [2.24, 2.45) is 0 Å². The van der Waals surface area contributed by atoms with Gasteiger partial charge in [-0.2, -0.15) is 5.26 Å². The molecule has 3 nitrogen and oxygen atoms in total. The molecule has 6 heteroatoms. The van der Waals surface area contributed by atoms with Crippen molar-refractivity contribution >= 4 is 43.8 Å². The zero-order valence-electron chi connectivity index (χ0n) is 6.08. The number of amides is 1. The van der Waals surface area contributed by atoms with E-state index in [0.29, 0.717) is 14.4 Å². The molecular formula is C6H4N2OS3. The molecule has 0 saturated carbocycles. The lowest BCUT2D eigenvalue weighted by atomic mass is 10.4. The molecule has 0 spiro atoms. The summed E-state index contributed by atoms with van der Waals surface area (Å²) in [5.41, 5.74) is 0.398. The highest BCUT2D eigenvalue weighted by atomic mass is 32.9. The molecule has 0 saturated heterocycles. The SMILES string of the molecule is CC(=O)Nc1ssc(=S)c1C#N. The number of nitrogens with one attached hydrogen (secondary N) is 1. The molecule has 62 valence electrons. The predicted molar refractivity (Wildman–Crippen MR) is 52.0 cm³/mol. The van der Waals surface area contributed by atoms with Gasteiger partial charge in [-0.15, -0.1) is 0 Å². The zero-order valence-corrected chi connectivity index (χ0v) is 8.53. The van der Waals surface area contributed by atoms with Gasteiger partial charge in [-0.1, -0.05) is 32.9 Å². The van der Waals surface area contributed by atoms with E-state index in [1.165, 1.54) is 27.6 Å². The molecule has 1 aromatic rings. The minimum atomic E-state index is -0.185. The van der Waals surface area contributed by atoms with Crippen LogP contribution in [0.2, 0.25) is 0 Å². The summed E-state index contributed by atoms with van der Waals surface area (Å²) in [5, 5.41) is 11.7. The Morgan fingerprint density at radius 2 is 2.33 bits per heavy atom. The van der Waals surface area contributed by atoms with Crippen molar-refractivity contribution in [3.8, 4) is 6.07 Å². The molecular weight excluding hydrogens is 212 g/mol. The maximum absolute atomic E-state index is 10.6. The first-order chi connectivity index (χ1) is 5.65. The van der Waals surface area contributed by atoms with Crippen LogP contribution in [0.1, 0.15) is 12.5 Å². The van der Waals surface area contributed by atoms with Crippen molar-refractivity contribution in [1.29, 1.82) is 5.26 Å². The number of hydrogen-bond acceptors (Lipinski definition) is 5. The molecule has 0 bridgehead atoms. The van der Waals surface area contributed by atoms with Crippen molar-refractivity contribution < 1.29 is 4.79 Å². The Morgan fingerprint density at radius 3 is 2.83 bits per heavy atom. The van der Waals surface area contributed by atoms with E-state index in [1.807, 2.05) is 6.07 Å². The first kappa shape index (κ1) is 9.32. The Kier molecular flexibility index (Phi) is 2.92. The van der Waals surface area contributed by atoms with Gasteiger partial charge < -0.3 is 5.32 Å². The fourth-order valence-corrected chi connectivity index (χ4v) is 3.09. The number of carbonyl (C=O) groups excluding carboxylic acids is 1. The number of carbonyl (C=O) groups is 1. The first-order valence-corrected chi connectivity index (χ1v) is 5.51. The Bertz CT molecular complexity index is 398. The summed E-state index contributed by atoms with van der Waals surface area (Å²) in [6.45, 7) is 1.40. The third kappa shape index (κ3) is 1.88. The van der Waals surface area contributed by atoms with Gasteiger partial charge in [0, 0.05) is 6.92 Å². The molecule has 0 radical (unpaired) electrons. The van der Waals surface area contributed by atoms with E-state index >= 15 is 0 Å². The minimum absolute atomic E-state index is 0.185. The minimum Gasteiger partial charge on any atom is -0.316 e. The highest BCUT2D eigenvalue weighted by Crippen LogP contribution is 2.29. The maximum Gasteiger partial charge on any atom is 0.221 e. The van der Waals surface area contributed by atoms with Gasteiger partial charge in [0.2, 0.25) is 5.91 Å². The summed E-state index contributed by atoms with van der Waals surface area (Å²) >= 11 is 4.88. The van der Waals surface area contributed by atoms with Gasteiger partial charge in [-0.3, -0.25) is 4.79 Å². The smallest absolute Gasteiger partial charge is 0.221 e. The summed E-state index contributed by atoms with van der Waals surface area (Å²) in [6.07, 6.45) is 0. The second-order valence-corrected chi connectivity index (χ2v) is 4.77. The molecule has 0 aliphatic heterocycles. The summed E-state index contributed by atoms with van der Waals surface area (Å²) in [5.74, 6) is -0.185. The molecule has 1 aromatic heterocycles. The van der Waals surface area contributed by atoms with Crippen LogP contribution in [0, 0.1) is 15.2 Å².